The molecule has 0 N–H and O–H groups in total. The fourth-order valence-electron chi connectivity index (χ4n) is 3.64. The van der Waals surface area contributed by atoms with Crippen LogP contribution in [0.25, 0.3) is 0 Å². The summed E-state index contributed by atoms with van der Waals surface area (Å²) in [6, 6.07) is 0. The number of ether oxygens (including phenoxy) is 2. The molecule has 0 aromatic carbocycles. The molecule has 3 aliphatic rings. The zero-order valence-electron chi connectivity index (χ0n) is 11.0. The third-order valence-corrected chi connectivity index (χ3v) is 4.71. The number of cyclic esters (lactones) is 1. The summed E-state index contributed by atoms with van der Waals surface area (Å²) in [6.45, 7) is 6.20. The van der Waals surface area contributed by atoms with Gasteiger partial charge < -0.3 is 9.47 Å². The molecular weight excluding hydrogens is 216 g/mol. The summed E-state index contributed by atoms with van der Waals surface area (Å²) in [5, 5.41) is 0. The molecule has 2 aliphatic carbocycles. The Morgan fingerprint density at radius 3 is 2.71 bits per heavy atom. The first-order valence-electron chi connectivity index (χ1n) is 6.82. The smallest absolute Gasteiger partial charge is 0.314 e. The Kier molecular flexibility index (Phi) is 2.35. The third-order valence-electron chi connectivity index (χ3n) is 4.71. The molecule has 3 nitrogen and oxygen atoms in total. The van der Waals surface area contributed by atoms with Crippen LogP contribution >= 0.6 is 0 Å². The summed E-state index contributed by atoms with van der Waals surface area (Å²) in [5.74, 6) is 0.597. The van der Waals surface area contributed by atoms with Crippen molar-refractivity contribution in [1.29, 1.82) is 0 Å². The third kappa shape index (κ3) is 1.55. The first kappa shape index (κ1) is 11.5. The van der Waals surface area contributed by atoms with Crippen molar-refractivity contribution in [3.63, 3.8) is 0 Å². The lowest BCUT2D eigenvalue weighted by Gasteiger charge is -2.61. The van der Waals surface area contributed by atoms with Crippen LogP contribution in [0.1, 0.15) is 52.9 Å². The van der Waals surface area contributed by atoms with Crippen molar-refractivity contribution in [2.45, 2.75) is 64.8 Å². The van der Waals surface area contributed by atoms with Crippen molar-refractivity contribution >= 4 is 5.97 Å². The van der Waals surface area contributed by atoms with Gasteiger partial charge in [-0.25, -0.2) is 0 Å². The standard InChI is InChI=1S/C14H22O3/c1-13(2,3)12-16-11(15)10-8-9-6-4-5-7-14(9,10)17-12/h9-10,12H,4-8H2,1-3H3/t9-,10-,12-,14-/m0/s1. The van der Waals surface area contributed by atoms with E-state index < -0.39 is 0 Å². The van der Waals surface area contributed by atoms with Crippen LogP contribution in [0, 0.1) is 17.3 Å². The van der Waals surface area contributed by atoms with E-state index in [1.807, 2.05) is 0 Å². The highest BCUT2D eigenvalue weighted by Crippen LogP contribution is 2.58. The summed E-state index contributed by atoms with van der Waals surface area (Å²) in [7, 11) is 0. The topological polar surface area (TPSA) is 35.5 Å². The van der Waals surface area contributed by atoms with Crippen LogP contribution in [-0.2, 0) is 14.3 Å². The molecule has 17 heavy (non-hydrogen) atoms. The van der Waals surface area contributed by atoms with E-state index in [-0.39, 0.29) is 29.2 Å². The monoisotopic (exact) mass is 238 g/mol. The Morgan fingerprint density at radius 1 is 1.29 bits per heavy atom. The maximum atomic E-state index is 12.1. The van der Waals surface area contributed by atoms with Crippen LogP contribution in [0.15, 0.2) is 0 Å². The van der Waals surface area contributed by atoms with Crippen molar-refractivity contribution in [2.75, 3.05) is 0 Å². The number of hydrogen-bond donors (Lipinski definition) is 0. The molecule has 3 rings (SSSR count). The van der Waals surface area contributed by atoms with Crippen LogP contribution in [0.2, 0.25) is 0 Å². The maximum absolute atomic E-state index is 12.1. The van der Waals surface area contributed by atoms with Gasteiger partial charge in [0, 0.05) is 5.41 Å². The number of esters is 1. The highest BCUT2D eigenvalue weighted by molar-refractivity contribution is 5.76. The Bertz CT molecular complexity index is 344. The number of hydrogen-bond acceptors (Lipinski definition) is 3. The number of carbonyl (C=O) groups is 1. The highest BCUT2D eigenvalue weighted by atomic mass is 16.7. The van der Waals surface area contributed by atoms with Gasteiger partial charge in [0.05, 0.1) is 11.5 Å². The Labute approximate surface area is 103 Å². The van der Waals surface area contributed by atoms with E-state index in [4.69, 9.17) is 9.47 Å². The second-order valence-corrected chi connectivity index (χ2v) is 6.94. The second-order valence-electron chi connectivity index (χ2n) is 6.94. The van der Waals surface area contributed by atoms with Gasteiger partial charge in [-0.1, -0.05) is 33.6 Å². The van der Waals surface area contributed by atoms with Gasteiger partial charge in [-0.05, 0) is 25.2 Å². The lowest BCUT2D eigenvalue weighted by molar-refractivity contribution is -0.339. The van der Waals surface area contributed by atoms with Gasteiger partial charge in [-0.3, -0.25) is 4.79 Å². The summed E-state index contributed by atoms with van der Waals surface area (Å²) in [5.41, 5.74) is -0.293. The van der Waals surface area contributed by atoms with Gasteiger partial charge in [-0.15, -0.1) is 0 Å². The molecule has 1 spiro atoms. The van der Waals surface area contributed by atoms with Crippen LogP contribution in [-0.4, -0.2) is 17.9 Å². The molecule has 1 aliphatic heterocycles. The molecule has 3 heteroatoms. The predicted octanol–water partition coefficient (Wildman–Crippen LogP) is 2.88. The van der Waals surface area contributed by atoms with Gasteiger partial charge in [0.15, 0.2) is 0 Å². The minimum absolute atomic E-state index is 0.0191. The quantitative estimate of drug-likeness (QED) is 0.609. The Balaban J connectivity index is 1.86. The van der Waals surface area contributed by atoms with Gasteiger partial charge in [0.25, 0.3) is 0 Å². The van der Waals surface area contributed by atoms with Crippen LogP contribution in [0.5, 0.6) is 0 Å². The molecule has 3 fully saturated rings. The normalized spacial score (nSPS) is 45.4. The summed E-state index contributed by atoms with van der Waals surface area (Å²) >= 11 is 0. The van der Waals surface area contributed by atoms with Gasteiger partial charge in [0.2, 0.25) is 6.29 Å². The molecular formula is C14H22O3. The second kappa shape index (κ2) is 3.47. The average Bonchev–Trinajstić information content (AvgIpc) is 2.18. The zero-order valence-corrected chi connectivity index (χ0v) is 11.0. The SMILES string of the molecule is CC(C)(C)[C@H]1OC(=O)[C@@H]2C[C@@H]3CCCC[C@]32O1. The minimum atomic E-state index is -0.368. The minimum Gasteiger partial charge on any atom is -0.435 e. The van der Waals surface area contributed by atoms with Crippen LogP contribution in [0.3, 0.4) is 0 Å². The number of carbonyl (C=O) groups excluding carboxylic acids is 1. The van der Waals surface area contributed by atoms with Gasteiger partial charge >= 0.3 is 5.97 Å². The van der Waals surface area contributed by atoms with Crippen LogP contribution in [0.4, 0.5) is 0 Å². The van der Waals surface area contributed by atoms with E-state index >= 15 is 0 Å². The van der Waals surface area contributed by atoms with Crippen molar-refractivity contribution in [1.82, 2.24) is 0 Å². The highest BCUT2D eigenvalue weighted by Gasteiger charge is 2.64. The van der Waals surface area contributed by atoms with Crippen LogP contribution < -0.4 is 0 Å². The summed E-state index contributed by atoms with van der Waals surface area (Å²) in [6.07, 6.45) is 5.36. The van der Waals surface area contributed by atoms with E-state index in [2.05, 4.69) is 20.8 Å². The Hall–Kier alpha value is -0.570. The van der Waals surface area contributed by atoms with E-state index in [9.17, 15) is 4.79 Å². The van der Waals surface area contributed by atoms with Crippen molar-refractivity contribution in [2.24, 2.45) is 17.3 Å². The molecule has 2 saturated carbocycles. The summed E-state index contributed by atoms with van der Waals surface area (Å²) in [4.78, 5) is 12.1. The zero-order chi connectivity index (χ0) is 12.3. The molecule has 0 aromatic heterocycles. The molecule has 0 radical (unpaired) electrons. The van der Waals surface area contributed by atoms with E-state index in [1.165, 1.54) is 19.3 Å². The van der Waals surface area contributed by atoms with Crippen molar-refractivity contribution in [3.8, 4) is 0 Å². The molecule has 0 unspecified atom stereocenters. The van der Waals surface area contributed by atoms with Crippen molar-refractivity contribution in [3.05, 3.63) is 0 Å². The van der Waals surface area contributed by atoms with Gasteiger partial charge in [0.1, 0.15) is 0 Å². The maximum Gasteiger partial charge on any atom is 0.314 e. The molecule has 0 aromatic rings. The van der Waals surface area contributed by atoms with E-state index in [0.717, 1.165) is 12.8 Å². The molecule has 0 amide bonds. The van der Waals surface area contributed by atoms with E-state index in [1.54, 1.807) is 0 Å². The molecule has 1 saturated heterocycles. The van der Waals surface area contributed by atoms with Crippen molar-refractivity contribution < 1.29 is 14.3 Å². The molecule has 0 bridgehead atoms. The molecule has 4 atom stereocenters. The average molecular weight is 238 g/mol. The fourth-order valence-corrected chi connectivity index (χ4v) is 3.64. The first-order chi connectivity index (χ1) is 7.93. The van der Waals surface area contributed by atoms with E-state index in [0.29, 0.717) is 5.92 Å². The largest absolute Gasteiger partial charge is 0.435 e. The molecule has 1 heterocycles. The number of rotatable bonds is 0. The Morgan fingerprint density at radius 2 is 2.06 bits per heavy atom. The lowest BCUT2D eigenvalue weighted by atomic mass is 9.54. The fraction of sp³-hybridized carbons (Fsp3) is 0.929. The van der Waals surface area contributed by atoms with Gasteiger partial charge in [-0.2, -0.15) is 0 Å². The molecule has 96 valence electrons. The predicted molar refractivity (Wildman–Crippen MR) is 63.2 cm³/mol. The first-order valence-corrected chi connectivity index (χ1v) is 6.82. The lowest BCUT2D eigenvalue weighted by Crippen LogP contribution is -2.67. The summed E-state index contributed by atoms with van der Waals surface area (Å²) < 4.78 is 11.7.